The van der Waals surface area contributed by atoms with E-state index in [9.17, 15) is 18.0 Å². The number of sulfonamides is 1. The number of carbonyl (C=O) groups is 2. The summed E-state index contributed by atoms with van der Waals surface area (Å²) < 4.78 is 32.0. The van der Waals surface area contributed by atoms with E-state index in [-0.39, 0.29) is 22.4 Å². The van der Waals surface area contributed by atoms with Gasteiger partial charge in [0.1, 0.15) is 0 Å². The molecule has 1 heterocycles. The molecule has 0 aromatic heterocycles. The van der Waals surface area contributed by atoms with Crippen molar-refractivity contribution in [3.8, 4) is 0 Å². The summed E-state index contributed by atoms with van der Waals surface area (Å²) in [5.41, 5.74) is 1.99. The van der Waals surface area contributed by atoms with Crippen molar-refractivity contribution in [2.75, 3.05) is 18.5 Å². The predicted octanol–water partition coefficient (Wildman–Crippen LogP) is 2.85. The van der Waals surface area contributed by atoms with Crippen LogP contribution in [-0.4, -0.2) is 50.3 Å². The van der Waals surface area contributed by atoms with Crippen molar-refractivity contribution in [1.82, 2.24) is 4.31 Å². The van der Waals surface area contributed by atoms with Gasteiger partial charge in [-0.05, 0) is 57.0 Å². The fourth-order valence-corrected chi connectivity index (χ4v) is 4.71. The third-order valence-electron chi connectivity index (χ3n) is 5.26. The molecule has 1 amide bonds. The number of ether oxygens (including phenoxy) is 1. The van der Waals surface area contributed by atoms with Gasteiger partial charge in [-0.15, -0.1) is 0 Å². The molecule has 2 aromatic rings. The van der Waals surface area contributed by atoms with Crippen molar-refractivity contribution in [3.05, 3.63) is 59.7 Å². The Morgan fingerprint density at radius 1 is 1.07 bits per heavy atom. The lowest BCUT2D eigenvalue weighted by Gasteiger charge is -2.22. The average molecular weight is 431 g/mol. The van der Waals surface area contributed by atoms with Crippen LogP contribution in [-0.2, 0) is 26.0 Å². The summed E-state index contributed by atoms with van der Waals surface area (Å²) in [6.07, 6.45) is -0.242. The van der Waals surface area contributed by atoms with Crippen LogP contribution >= 0.6 is 0 Å². The minimum Gasteiger partial charge on any atom is -0.449 e. The first-order valence-corrected chi connectivity index (χ1v) is 11.3. The van der Waals surface area contributed by atoms with E-state index in [2.05, 4.69) is 0 Å². The van der Waals surface area contributed by atoms with Crippen LogP contribution in [0.25, 0.3) is 0 Å². The monoisotopic (exact) mass is 430 g/mol. The first kappa shape index (κ1) is 22.0. The van der Waals surface area contributed by atoms with Crippen LogP contribution in [0.15, 0.2) is 53.4 Å². The van der Waals surface area contributed by atoms with E-state index < -0.39 is 22.1 Å². The first-order chi connectivity index (χ1) is 14.1. The molecule has 0 saturated carbocycles. The van der Waals surface area contributed by atoms with Crippen LogP contribution in [0.1, 0.15) is 36.7 Å². The van der Waals surface area contributed by atoms with Gasteiger partial charge in [0.25, 0.3) is 5.91 Å². The Labute approximate surface area is 177 Å². The number of esters is 1. The van der Waals surface area contributed by atoms with Crippen molar-refractivity contribution in [2.45, 2.75) is 44.2 Å². The number of benzene rings is 2. The maximum atomic E-state index is 12.8. The highest BCUT2D eigenvalue weighted by atomic mass is 32.2. The third-order valence-corrected chi connectivity index (χ3v) is 7.29. The van der Waals surface area contributed by atoms with Crippen LogP contribution in [0.2, 0.25) is 0 Å². The quantitative estimate of drug-likeness (QED) is 0.658. The molecule has 3 rings (SSSR count). The number of rotatable bonds is 6. The van der Waals surface area contributed by atoms with Crippen LogP contribution in [0.5, 0.6) is 0 Å². The van der Waals surface area contributed by atoms with E-state index in [0.717, 1.165) is 17.7 Å². The number of carbonyl (C=O) groups excluding carboxylic acids is 2. The summed E-state index contributed by atoms with van der Waals surface area (Å²) in [6, 6.07) is 13.1. The fraction of sp³-hybridized carbons (Fsp3) is 0.364. The minimum atomic E-state index is -3.74. The first-order valence-electron chi connectivity index (χ1n) is 9.81. The molecule has 1 atom stereocenters. The Hall–Kier alpha value is -2.71. The molecule has 7 nitrogen and oxygen atoms in total. The summed E-state index contributed by atoms with van der Waals surface area (Å²) in [6.45, 7) is 5.59. The van der Waals surface area contributed by atoms with E-state index in [4.69, 9.17) is 4.74 Å². The molecule has 0 radical (unpaired) electrons. The van der Waals surface area contributed by atoms with Gasteiger partial charge in [-0.2, -0.15) is 4.31 Å². The Balaban J connectivity index is 1.74. The molecule has 0 spiro atoms. The van der Waals surface area contributed by atoms with Crippen LogP contribution < -0.4 is 4.90 Å². The lowest BCUT2D eigenvalue weighted by Crippen LogP contribution is -2.39. The van der Waals surface area contributed by atoms with E-state index in [1.54, 1.807) is 18.7 Å². The normalized spacial score (nSPS) is 14.7. The molecule has 30 heavy (non-hydrogen) atoms. The van der Waals surface area contributed by atoms with Crippen molar-refractivity contribution in [2.24, 2.45) is 0 Å². The standard InChI is InChI=1S/C22H26N2O5S/c1-15(2)23(4)30(27,28)19-10-7-9-18(14-19)22(26)29-16(3)21(25)24-13-12-17-8-5-6-11-20(17)24/h5-11,14-16H,12-13H2,1-4H3. The molecule has 0 fully saturated rings. The molecule has 1 unspecified atom stereocenters. The van der Waals surface area contributed by atoms with Gasteiger partial charge in [0, 0.05) is 25.3 Å². The molecule has 8 heteroatoms. The van der Waals surface area contributed by atoms with Crippen LogP contribution in [0.4, 0.5) is 5.69 Å². The second-order valence-corrected chi connectivity index (χ2v) is 9.56. The van der Waals surface area contributed by atoms with Crippen LogP contribution in [0, 0.1) is 0 Å². The lowest BCUT2D eigenvalue weighted by atomic mass is 10.2. The molecule has 0 saturated heterocycles. The molecular weight excluding hydrogens is 404 g/mol. The van der Waals surface area contributed by atoms with Gasteiger partial charge in [0.2, 0.25) is 10.0 Å². The Morgan fingerprint density at radius 2 is 1.77 bits per heavy atom. The van der Waals surface area contributed by atoms with E-state index >= 15 is 0 Å². The number of fused-ring (bicyclic) bond motifs is 1. The Bertz CT molecular complexity index is 1060. The van der Waals surface area contributed by atoms with Crippen molar-refractivity contribution >= 4 is 27.6 Å². The van der Waals surface area contributed by atoms with E-state index in [0.29, 0.717) is 6.54 Å². The fourth-order valence-electron chi connectivity index (χ4n) is 3.29. The van der Waals surface area contributed by atoms with Gasteiger partial charge in [-0.25, -0.2) is 13.2 Å². The summed E-state index contributed by atoms with van der Waals surface area (Å²) >= 11 is 0. The van der Waals surface area contributed by atoms with Crippen molar-refractivity contribution in [3.63, 3.8) is 0 Å². The van der Waals surface area contributed by atoms with Gasteiger partial charge in [0.05, 0.1) is 10.5 Å². The highest BCUT2D eigenvalue weighted by Crippen LogP contribution is 2.28. The summed E-state index contributed by atoms with van der Waals surface area (Å²) in [5.74, 6) is -1.05. The van der Waals surface area contributed by atoms with Gasteiger partial charge in [0.15, 0.2) is 6.10 Å². The molecule has 0 N–H and O–H groups in total. The second kappa shape index (κ2) is 8.57. The molecule has 0 aliphatic carbocycles. The molecule has 0 bridgehead atoms. The molecule has 2 aromatic carbocycles. The van der Waals surface area contributed by atoms with E-state index in [1.807, 2.05) is 24.3 Å². The Kier molecular flexibility index (Phi) is 6.28. The molecule has 1 aliphatic heterocycles. The third kappa shape index (κ3) is 4.24. The van der Waals surface area contributed by atoms with Crippen molar-refractivity contribution < 1.29 is 22.7 Å². The average Bonchev–Trinajstić information content (AvgIpc) is 3.16. The number of hydrogen-bond acceptors (Lipinski definition) is 5. The van der Waals surface area contributed by atoms with Gasteiger partial charge in [-0.3, -0.25) is 4.79 Å². The zero-order valence-electron chi connectivity index (χ0n) is 17.5. The summed E-state index contributed by atoms with van der Waals surface area (Å²) in [7, 11) is -2.25. The molecular formula is C22H26N2O5S. The summed E-state index contributed by atoms with van der Waals surface area (Å²) in [4.78, 5) is 27.0. The zero-order chi connectivity index (χ0) is 22.1. The predicted molar refractivity (Wildman–Crippen MR) is 114 cm³/mol. The van der Waals surface area contributed by atoms with Gasteiger partial charge < -0.3 is 9.64 Å². The number of hydrogen-bond donors (Lipinski definition) is 0. The van der Waals surface area contributed by atoms with E-state index in [1.165, 1.54) is 42.5 Å². The number of anilines is 1. The Morgan fingerprint density at radius 3 is 2.47 bits per heavy atom. The van der Waals surface area contributed by atoms with Crippen molar-refractivity contribution in [1.29, 1.82) is 0 Å². The maximum Gasteiger partial charge on any atom is 0.338 e. The van der Waals surface area contributed by atoms with Crippen LogP contribution in [0.3, 0.4) is 0 Å². The van der Waals surface area contributed by atoms with Gasteiger partial charge >= 0.3 is 5.97 Å². The second-order valence-electron chi connectivity index (χ2n) is 7.56. The summed E-state index contributed by atoms with van der Waals surface area (Å²) in [5, 5.41) is 0. The SMILES string of the molecule is CC(OC(=O)c1cccc(S(=O)(=O)N(C)C(C)C)c1)C(=O)N1CCc2ccccc21. The minimum absolute atomic E-state index is 0.000555. The highest BCUT2D eigenvalue weighted by molar-refractivity contribution is 7.89. The maximum absolute atomic E-state index is 12.8. The molecule has 1 aliphatic rings. The highest BCUT2D eigenvalue weighted by Gasteiger charge is 2.30. The zero-order valence-corrected chi connectivity index (χ0v) is 18.3. The number of para-hydroxylation sites is 1. The molecule has 160 valence electrons. The topological polar surface area (TPSA) is 84.0 Å². The largest absolute Gasteiger partial charge is 0.449 e. The smallest absolute Gasteiger partial charge is 0.338 e. The van der Waals surface area contributed by atoms with Gasteiger partial charge in [-0.1, -0.05) is 24.3 Å². The lowest BCUT2D eigenvalue weighted by molar-refractivity contribution is -0.126. The number of amides is 1. The number of nitrogens with zero attached hydrogens (tertiary/aromatic N) is 2.